The number of aliphatic carboxylic acids is 1. The number of likely N-dealkylation sites (tertiary alicyclic amines) is 1. The zero-order chi connectivity index (χ0) is 15.2. The van der Waals surface area contributed by atoms with E-state index in [2.05, 4.69) is 10.2 Å². The van der Waals surface area contributed by atoms with Crippen molar-refractivity contribution in [1.29, 1.82) is 0 Å². The molecular formula is C15H28N2O3. The number of carbonyl (C=O) groups excluding carboxylic acids is 1. The Morgan fingerprint density at radius 2 is 1.90 bits per heavy atom. The van der Waals surface area contributed by atoms with Gasteiger partial charge in [0.1, 0.15) is 0 Å². The van der Waals surface area contributed by atoms with Crippen LogP contribution in [0.1, 0.15) is 46.5 Å². The first-order valence-corrected chi connectivity index (χ1v) is 7.58. The number of hydrogen-bond acceptors (Lipinski definition) is 3. The molecule has 0 aliphatic carbocycles. The lowest BCUT2D eigenvalue weighted by atomic mass is 9.76. The van der Waals surface area contributed by atoms with Crippen molar-refractivity contribution >= 4 is 11.9 Å². The molecule has 1 fully saturated rings. The van der Waals surface area contributed by atoms with E-state index in [0.29, 0.717) is 6.54 Å². The van der Waals surface area contributed by atoms with E-state index < -0.39 is 11.4 Å². The van der Waals surface area contributed by atoms with E-state index in [0.717, 1.165) is 13.0 Å². The highest BCUT2D eigenvalue weighted by Crippen LogP contribution is 2.31. The van der Waals surface area contributed by atoms with E-state index >= 15 is 0 Å². The summed E-state index contributed by atoms with van der Waals surface area (Å²) in [5, 5.41) is 12.1. The predicted molar refractivity (Wildman–Crippen MR) is 78.5 cm³/mol. The highest BCUT2D eigenvalue weighted by atomic mass is 16.4. The molecule has 1 rings (SSSR count). The molecule has 0 saturated carbocycles. The molecule has 0 radical (unpaired) electrons. The zero-order valence-corrected chi connectivity index (χ0v) is 12.9. The SMILES string of the molecule is CC(C)C(C)(CC(=O)NCCCN1CCCC1)C(=O)O. The summed E-state index contributed by atoms with van der Waals surface area (Å²) in [6.07, 6.45) is 3.52. The minimum absolute atomic E-state index is 0.0454. The number of rotatable bonds is 8. The monoisotopic (exact) mass is 284 g/mol. The van der Waals surface area contributed by atoms with Crippen LogP contribution in [0.2, 0.25) is 0 Å². The first-order valence-electron chi connectivity index (χ1n) is 7.58. The molecule has 20 heavy (non-hydrogen) atoms. The standard InChI is InChI=1S/C15H28N2O3/c1-12(2)15(3,14(19)20)11-13(18)16-7-6-10-17-8-4-5-9-17/h12H,4-11H2,1-3H3,(H,16,18)(H,19,20). The second kappa shape index (κ2) is 7.62. The lowest BCUT2D eigenvalue weighted by Crippen LogP contribution is -2.39. The van der Waals surface area contributed by atoms with Gasteiger partial charge in [-0.05, 0) is 51.7 Å². The van der Waals surface area contributed by atoms with E-state index in [1.54, 1.807) is 6.92 Å². The fourth-order valence-corrected chi connectivity index (χ4v) is 2.46. The Morgan fingerprint density at radius 1 is 1.30 bits per heavy atom. The van der Waals surface area contributed by atoms with Crippen LogP contribution in [-0.2, 0) is 9.59 Å². The van der Waals surface area contributed by atoms with Crippen molar-refractivity contribution in [1.82, 2.24) is 10.2 Å². The highest BCUT2D eigenvalue weighted by Gasteiger charge is 2.38. The predicted octanol–water partition coefficient (Wildman–Crippen LogP) is 1.73. The summed E-state index contributed by atoms with van der Waals surface area (Å²) in [4.78, 5) is 25.6. The summed E-state index contributed by atoms with van der Waals surface area (Å²) in [6, 6.07) is 0. The van der Waals surface area contributed by atoms with Gasteiger partial charge in [-0.25, -0.2) is 0 Å². The van der Waals surface area contributed by atoms with Gasteiger partial charge < -0.3 is 15.3 Å². The fraction of sp³-hybridized carbons (Fsp3) is 0.867. The smallest absolute Gasteiger partial charge is 0.310 e. The Kier molecular flexibility index (Phi) is 6.46. The summed E-state index contributed by atoms with van der Waals surface area (Å²) in [6.45, 7) is 9.30. The first-order chi connectivity index (χ1) is 9.36. The van der Waals surface area contributed by atoms with Crippen molar-refractivity contribution in [3.05, 3.63) is 0 Å². The second-order valence-electron chi connectivity index (χ2n) is 6.31. The molecule has 0 aromatic heterocycles. The van der Waals surface area contributed by atoms with Crippen LogP contribution in [0.3, 0.4) is 0 Å². The van der Waals surface area contributed by atoms with Crippen LogP contribution >= 0.6 is 0 Å². The molecule has 1 atom stereocenters. The van der Waals surface area contributed by atoms with Gasteiger partial charge in [-0.3, -0.25) is 9.59 Å². The second-order valence-corrected chi connectivity index (χ2v) is 6.31. The molecule has 5 heteroatoms. The molecule has 1 heterocycles. The van der Waals surface area contributed by atoms with Crippen molar-refractivity contribution in [2.75, 3.05) is 26.2 Å². The molecule has 1 saturated heterocycles. The highest BCUT2D eigenvalue weighted by molar-refractivity contribution is 5.84. The zero-order valence-electron chi connectivity index (χ0n) is 12.9. The largest absolute Gasteiger partial charge is 0.481 e. The molecule has 0 aromatic carbocycles. The van der Waals surface area contributed by atoms with Gasteiger partial charge in [0.15, 0.2) is 0 Å². The molecule has 2 N–H and O–H groups in total. The van der Waals surface area contributed by atoms with Gasteiger partial charge in [0, 0.05) is 13.0 Å². The van der Waals surface area contributed by atoms with Crippen molar-refractivity contribution in [3.63, 3.8) is 0 Å². The van der Waals surface area contributed by atoms with Crippen LogP contribution in [0.5, 0.6) is 0 Å². The van der Waals surface area contributed by atoms with Crippen molar-refractivity contribution in [3.8, 4) is 0 Å². The summed E-state index contributed by atoms with van der Waals surface area (Å²) in [7, 11) is 0. The van der Waals surface area contributed by atoms with Gasteiger partial charge in [-0.15, -0.1) is 0 Å². The number of carbonyl (C=O) groups is 2. The molecule has 1 aliphatic rings. The fourth-order valence-electron chi connectivity index (χ4n) is 2.46. The van der Waals surface area contributed by atoms with Crippen LogP contribution in [0.25, 0.3) is 0 Å². The van der Waals surface area contributed by atoms with Crippen LogP contribution in [0.15, 0.2) is 0 Å². The van der Waals surface area contributed by atoms with Crippen molar-refractivity contribution in [2.24, 2.45) is 11.3 Å². The molecule has 0 bridgehead atoms. The number of carboxylic acids is 1. The number of nitrogens with zero attached hydrogens (tertiary/aromatic N) is 1. The number of amides is 1. The van der Waals surface area contributed by atoms with Gasteiger partial charge in [-0.2, -0.15) is 0 Å². The van der Waals surface area contributed by atoms with E-state index in [4.69, 9.17) is 0 Å². The molecule has 0 aromatic rings. The summed E-state index contributed by atoms with van der Waals surface area (Å²) in [5.41, 5.74) is -0.987. The molecule has 0 spiro atoms. The Bertz CT molecular complexity index is 338. The normalized spacial score (nSPS) is 19.0. The summed E-state index contributed by atoms with van der Waals surface area (Å²) in [5.74, 6) is -1.14. The average Bonchev–Trinajstić information content (AvgIpc) is 2.87. The number of nitrogens with one attached hydrogen (secondary N) is 1. The number of hydrogen-bond donors (Lipinski definition) is 2. The minimum atomic E-state index is -0.987. The minimum Gasteiger partial charge on any atom is -0.481 e. The Hall–Kier alpha value is -1.10. The third-order valence-corrected chi connectivity index (χ3v) is 4.46. The maximum atomic E-state index is 11.9. The Labute approximate surface area is 121 Å². The molecule has 1 amide bonds. The third-order valence-electron chi connectivity index (χ3n) is 4.46. The van der Waals surface area contributed by atoms with Gasteiger partial charge in [0.05, 0.1) is 5.41 Å². The molecule has 1 unspecified atom stereocenters. The third kappa shape index (κ3) is 4.78. The quantitative estimate of drug-likeness (QED) is 0.666. The lowest BCUT2D eigenvalue weighted by Gasteiger charge is -2.28. The van der Waals surface area contributed by atoms with Crippen LogP contribution in [0, 0.1) is 11.3 Å². The topological polar surface area (TPSA) is 69.6 Å². The van der Waals surface area contributed by atoms with Gasteiger partial charge in [0.25, 0.3) is 0 Å². The van der Waals surface area contributed by atoms with E-state index in [-0.39, 0.29) is 18.2 Å². The van der Waals surface area contributed by atoms with Crippen LogP contribution < -0.4 is 5.32 Å². The average molecular weight is 284 g/mol. The molecular weight excluding hydrogens is 256 g/mol. The van der Waals surface area contributed by atoms with Crippen LogP contribution in [-0.4, -0.2) is 48.1 Å². The summed E-state index contributed by atoms with van der Waals surface area (Å²) < 4.78 is 0. The lowest BCUT2D eigenvalue weighted by molar-refractivity contribution is -0.153. The summed E-state index contributed by atoms with van der Waals surface area (Å²) >= 11 is 0. The van der Waals surface area contributed by atoms with Crippen molar-refractivity contribution < 1.29 is 14.7 Å². The Balaban J connectivity index is 2.26. The molecule has 5 nitrogen and oxygen atoms in total. The van der Waals surface area contributed by atoms with Gasteiger partial charge in [-0.1, -0.05) is 13.8 Å². The van der Waals surface area contributed by atoms with E-state index in [1.165, 1.54) is 25.9 Å². The van der Waals surface area contributed by atoms with Crippen LogP contribution in [0.4, 0.5) is 0 Å². The molecule has 1 aliphatic heterocycles. The number of carboxylic acid groups (broad SMARTS) is 1. The van der Waals surface area contributed by atoms with Gasteiger partial charge in [0.2, 0.25) is 5.91 Å². The molecule has 116 valence electrons. The maximum Gasteiger partial charge on any atom is 0.310 e. The van der Waals surface area contributed by atoms with Gasteiger partial charge >= 0.3 is 5.97 Å². The van der Waals surface area contributed by atoms with E-state index in [1.807, 2.05) is 13.8 Å². The Morgan fingerprint density at radius 3 is 2.40 bits per heavy atom. The van der Waals surface area contributed by atoms with Crippen molar-refractivity contribution in [2.45, 2.75) is 46.5 Å². The van der Waals surface area contributed by atoms with E-state index in [9.17, 15) is 14.7 Å². The maximum absolute atomic E-state index is 11.9. The first kappa shape index (κ1) is 17.0.